The number of nitrogens with two attached hydrogens (primary N) is 1. The normalized spacial score (nSPS) is 13.0. The third kappa shape index (κ3) is 1.75. The zero-order chi connectivity index (χ0) is 9.14. The van der Waals surface area contributed by atoms with E-state index in [0.717, 1.165) is 0 Å². The van der Waals surface area contributed by atoms with Crippen molar-refractivity contribution in [1.29, 1.82) is 0 Å². The highest BCUT2D eigenvalue weighted by Crippen LogP contribution is 2.24. The summed E-state index contributed by atoms with van der Waals surface area (Å²) >= 11 is 5.77. The van der Waals surface area contributed by atoms with Gasteiger partial charge in [-0.05, 0) is 19.1 Å². The van der Waals surface area contributed by atoms with Gasteiger partial charge in [0.2, 0.25) is 0 Å². The Kier molecular flexibility index (Phi) is 3.03. The van der Waals surface area contributed by atoms with Crippen LogP contribution >= 0.6 is 11.6 Å². The molecule has 1 unspecified atom stereocenters. The van der Waals surface area contributed by atoms with Gasteiger partial charge in [0.25, 0.3) is 0 Å². The molecule has 1 atom stereocenters. The number of benzene rings is 1. The van der Waals surface area contributed by atoms with Crippen LogP contribution < -0.4 is 11.3 Å². The predicted molar refractivity (Wildman–Crippen MR) is 47.1 cm³/mol. The first-order chi connectivity index (χ1) is 5.66. The number of nitrogens with one attached hydrogen (secondary N) is 1. The van der Waals surface area contributed by atoms with Gasteiger partial charge in [-0.2, -0.15) is 0 Å². The molecule has 0 saturated heterocycles. The molecular formula is C8H10ClFN2. The molecule has 0 aliphatic carbocycles. The first-order valence-electron chi connectivity index (χ1n) is 3.57. The number of halogens is 2. The van der Waals surface area contributed by atoms with Gasteiger partial charge in [0.05, 0.1) is 0 Å². The van der Waals surface area contributed by atoms with Crippen molar-refractivity contribution in [3.8, 4) is 0 Å². The fourth-order valence-electron chi connectivity index (χ4n) is 1.01. The molecule has 12 heavy (non-hydrogen) atoms. The van der Waals surface area contributed by atoms with Crippen molar-refractivity contribution in [2.24, 2.45) is 5.84 Å². The summed E-state index contributed by atoms with van der Waals surface area (Å²) < 4.78 is 13.1. The molecule has 1 rings (SSSR count). The quantitative estimate of drug-likeness (QED) is 0.551. The average Bonchev–Trinajstić information content (AvgIpc) is 2.03. The first-order valence-corrected chi connectivity index (χ1v) is 3.94. The molecule has 0 bridgehead atoms. The van der Waals surface area contributed by atoms with E-state index in [2.05, 4.69) is 5.43 Å². The van der Waals surface area contributed by atoms with Gasteiger partial charge in [0, 0.05) is 16.6 Å². The van der Waals surface area contributed by atoms with Gasteiger partial charge in [0.1, 0.15) is 5.82 Å². The van der Waals surface area contributed by atoms with E-state index >= 15 is 0 Å². The maximum absolute atomic E-state index is 13.1. The van der Waals surface area contributed by atoms with E-state index in [1.807, 2.05) is 0 Å². The standard InChI is InChI=1S/C8H10ClFN2/c1-5(12-11)8-6(9)3-2-4-7(8)10/h2-5,12H,11H2,1H3. The minimum atomic E-state index is -0.340. The van der Waals surface area contributed by atoms with Crippen LogP contribution in [-0.2, 0) is 0 Å². The average molecular weight is 189 g/mol. The van der Waals surface area contributed by atoms with Crippen LogP contribution in [0.4, 0.5) is 4.39 Å². The molecular weight excluding hydrogens is 179 g/mol. The summed E-state index contributed by atoms with van der Waals surface area (Å²) in [5, 5.41) is 0.389. The van der Waals surface area contributed by atoms with E-state index in [1.54, 1.807) is 19.1 Å². The maximum atomic E-state index is 13.1. The lowest BCUT2D eigenvalue weighted by Crippen LogP contribution is -2.26. The minimum Gasteiger partial charge on any atom is -0.271 e. The van der Waals surface area contributed by atoms with Crippen LogP contribution in [0.3, 0.4) is 0 Å². The predicted octanol–water partition coefficient (Wildman–Crippen LogP) is 2.00. The maximum Gasteiger partial charge on any atom is 0.129 e. The van der Waals surface area contributed by atoms with E-state index in [0.29, 0.717) is 10.6 Å². The highest BCUT2D eigenvalue weighted by atomic mass is 35.5. The zero-order valence-electron chi connectivity index (χ0n) is 6.64. The fourth-order valence-corrected chi connectivity index (χ4v) is 1.33. The van der Waals surface area contributed by atoms with E-state index in [-0.39, 0.29) is 11.9 Å². The van der Waals surface area contributed by atoms with Crippen LogP contribution in [0.5, 0.6) is 0 Å². The molecule has 66 valence electrons. The Morgan fingerprint density at radius 1 is 1.58 bits per heavy atom. The van der Waals surface area contributed by atoms with Crippen molar-refractivity contribution >= 4 is 11.6 Å². The third-order valence-corrected chi connectivity index (χ3v) is 2.01. The second-order valence-corrected chi connectivity index (χ2v) is 2.93. The van der Waals surface area contributed by atoms with Crippen LogP contribution in [0.25, 0.3) is 0 Å². The lowest BCUT2D eigenvalue weighted by Gasteiger charge is -2.12. The molecule has 0 amide bonds. The summed E-state index contributed by atoms with van der Waals surface area (Å²) in [6.07, 6.45) is 0. The summed E-state index contributed by atoms with van der Waals surface area (Å²) in [6, 6.07) is 4.27. The molecule has 3 N–H and O–H groups in total. The van der Waals surface area contributed by atoms with Gasteiger partial charge < -0.3 is 0 Å². The fraction of sp³-hybridized carbons (Fsp3) is 0.250. The van der Waals surface area contributed by atoms with Crippen molar-refractivity contribution in [3.63, 3.8) is 0 Å². The second-order valence-electron chi connectivity index (χ2n) is 2.52. The Morgan fingerprint density at radius 3 is 2.75 bits per heavy atom. The molecule has 0 radical (unpaired) electrons. The van der Waals surface area contributed by atoms with Gasteiger partial charge in [-0.25, -0.2) is 4.39 Å². The Bertz CT molecular complexity index is 258. The monoisotopic (exact) mass is 188 g/mol. The van der Waals surface area contributed by atoms with Crippen LogP contribution in [0.15, 0.2) is 18.2 Å². The molecule has 1 aromatic rings. The van der Waals surface area contributed by atoms with Crippen molar-refractivity contribution in [2.45, 2.75) is 13.0 Å². The minimum absolute atomic E-state index is 0.279. The van der Waals surface area contributed by atoms with Gasteiger partial charge >= 0.3 is 0 Å². The molecule has 0 saturated carbocycles. The van der Waals surface area contributed by atoms with Crippen molar-refractivity contribution < 1.29 is 4.39 Å². The number of hydrogen-bond donors (Lipinski definition) is 2. The highest BCUT2D eigenvalue weighted by molar-refractivity contribution is 6.31. The Hall–Kier alpha value is -0.640. The molecule has 0 aliphatic heterocycles. The van der Waals surface area contributed by atoms with Gasteiger partial charge in [0.15, 0.2) is 0 Å². The number of rotatable bonds is 2. The molecule has 2 nitrogen and oxygen atoms in total. The zero-order valence-corrected chi connectivity index (χ0v) is 7.40. The topological polar surface area (TPSA) is 38.0 Å². The Morgan fingerprint density at radius 2 is 2.25 bits per heavy atom. The molecule has 1 aromatic carbocycles. The third-order valence-electron chi connectivity index (χ3n) is 1.68. The summed E-state index contributed by atoms with van der Waals surface area (Å²) in [6.45, 7) is 1.74. The Labute approximate surface area is 75.5 Å². The summed E-state index contributed by atoms with van der Waals surface area (Å²) in [5.74, 6) is 4.83. The van der Waals surface area contributed by atoms with Crippen molar-refractivity contribution in [3.05, 3.63) is 34.6 Å². The van der Waals surface area contributed by atoms with E-state index in [4.69, 9.17) is 17.4 Å². The van der Waals surface area contributed by atoms with E-state index < -0.39 is 0 Å². The summed E-state index contributed by atoms with van der Waals surface area (Å²) in [7, 11) is 0. The largest absolute Gasteiger partial charge is 0.271 e. The number of hydrazine groups is 1. The van der Waals surface area contributed by atoms with Gasteiger partial charge in [-0.1, -0.05) is 17.7 Å². The number of hydrogen-bond acceptors (Lipinski definition) is 2. The van der Waals surface area contributed by atoms with Gasteiger partial charge in [-0.15, -0.1) is 0 Å². The molecule has 0 aromatic heterocycles. The van der Waals surface area contributed by atoms with Crippen LogP contribution in [0.2, 0.25) is 5.02 Å². The lowest BCUT2D eigenvalue weighted by molar-refractivity contribution is 0.542. The van der Waals surface area contributed by atoms with Crippen LogP contribution in [0, 0.1) is 5.82 Å². The Balaban J connectivity index is 3.12. The molecule has 0 aliphatic rings. The summed E-state index contributed by atoms with van der Waals surface area (Å²) in [4.78, 5) is 0. The molecule has 0 heterocycles. The van der Waals surface area contributed by atoms with E-state index in [9.17, 15) is 4.39 Å². The van der Waals surface area contributed by atoms with Crippen molar-refractivity contribution in [1.82, 2.24) is 5.43 Å². The first kappa shape index (κ1) is 9.45. The van der Waals surface area contributed by atoms with Crippen LogP contribution in [-0.4, -0.2) is 0 Å². The van der Waals surface area contributed by atoms with Crippen molar-refractivity contribution in [2.75, 3.05) is 0 Å². The highest BCUT2D eigenvalue weighted by Gasteiger charge is 2.12. The second kappa shape index (κ2) is 3.85. The molecule has 0 fully saturated rings. The lowest BCUT2D eigenvalue weighted by atomic mass is 10.1. The van der Waals surface area contributed by atoms with E-state index in [1.165, 1.54) is 6.07 Å². The molecule has 0 spiro atoms. The molecule has 4 heteroatoms. The SMILES string of the molecule is CC(NN)c1c(F)cccc1Cl. The summed E-state index contributed by atoms with van der Waals surface area (Å²) in [5.41, 5.74) is 2.84. The van der Waals surface area contributed by atoms with Gasteiger partial charge in [-0.3, -0.25) is 11.3 Å². The van der Waals surface area contributed by atoms with Crippen LogP contribution in [0.1, 0.15) is 18.5 Å². The smallest absolute Gasteiger partial charge is 0.129 e.